The third kappa shape index (κ3) is 1.63. The maximum absolute atomic E-state index is 13.6. The molecule has 0 spiro atoms. The molecule has 0 radical (unpaired) electrons. The number of benzene rings is 1. The molecule has 0 aliphatic carbocycles. The maximum atomic E-state index is 13.6. The molecule has 0 saturated carbocycles. The Labute approximate surface area is 91.3 Å². The van der Waals surface area contributed by atoms with Crippen LogP contribution in [0.4, 0.5) is 4.39 Å². The van der Waals surface area contributed by atoms with Gasteiger partial charge in [0.05, 0.1) is 5.57 Å². The second-order valence-corrected chi connectivity index (χ2v) is 3.69. The van der Waals surface area contributed by atoms with Crippen molar-refractivity contribution >= 4 is 17.6 Å². The van der Waals surface area contributed by atoms with Crippen LogP contribution < -0.4 is 0 Å². The Morgan fingerprint density at radius 1 is 1.40 bits per heavy atom. The molecule has 1 aromatic rings. The zero-order chi connectivity index (χ0) is 11.0. The van der Waals surface area contributed by atoms with E-state index < -0.39 is 17.9 Å². The predicted octanol–water partition coefficient (Wildman–Crippen LogP) is 3.18. The van der Waals surface area contributed by atoms with Crippen molar-refractivity contribution in [2.45, 2.75) is 13.0 Å². The van der Waals surface area contributed by atoms with E-state index in [1.54, 1.807) is 24.3 Å². The van der Waals surface area contributed by atoms with Crippen LogP contribution in [0.2, 0.25) is 5.02 Å². The molecule has 2 rings (SSSR count). The summed E-state index contributed by atoms with van der Waals surface area (Å²) in [4.78, 5) is 11.1. The lowest BCUT2D eigenvalue weighted by atomic mass is 10.1. The molecule has 0 fully saturated rings. The average Bonchev–Trinajstić information content (AvgIpc) is 2.47. The van der Waals surface area contributed by atoms with Gasteiger partial charge in [-0.2, -0.15) is 0 Å². The molecule has 0 N–H and O–H groups in total. The Morgan fingerprint density at radius 2 is 2.07 bits per heavy atom. The minimum Gasteiger partial charge on any atom is -0.447 e. The van der Waals surface area contributed by atoms with Crippen LogP contribution in [-0.2, 0) is 9.53 Å². The number of ether oxygens (including phenoxy) is 1. The van der Waals surface area contributed by atoms with E-state index >= 15 is 0 Å². The summed E-state index contributed by atoms with van der Waals surface area (Å²) in [6.45, 7) is 1.40. The Hall–Kier alpha value is -1.35. The fourth-order valence-electron chi connectivity index (χ4n) is 1.43. The van der Waals surface area contributed by atoms with Crippen molar-refractivity contribution in [2.24, 2.45) is 0 Å². The summed E-state index contributed by atoms with van der Waals surface area (Å²) in [6.07, 6.45) is -0.980. The number of halogens is 2. The predicted molar refractivity (Wildman–Crippen MR) is 54.1 cm³/mol. The van der Waals surface area contributed by atoms with Gasteiger partial charge in [0.2, 0.25) is 0 Å². The van der Waals surface area contributed by atoms with Crippen LogP contribution in [0.3, 0.4) is 0 Å². The zero-order valence-electron chi connectivity index (χ0n) is 7.96. The first kappa shape index (κ1) is 10.2. The third-order valence-corrected chi connectivity index (χ3v) is 2.65. The largest absolute Gasteiger partial charge is 0.447 e. The van der Waals surface area contributed by atoms with Crippen molar-refractivity contribution in [2.75, 3.05) is 0 Å². The zero-order valence-corrected chi connectivity index (χ0v) is 8.72. The summed E-state index contributed by atoms with van der Waals surface area (Å²) < 4.78 is 18.5. The van der Waals surface area contributed by atoms with Crippen molar-refractivity contribution < 1.29 is 13.9 Å². The number of carbonyl (C=O) groups is 1. The lowest BCUT2D eigenvalue weighted by Gasteiger charge is -2.11. The number of hydrogen-bond acceptors (Lipinski definition) is 2. The van der Waals surface area contributed by atoms with E-state index in [2.05, 4.69) is 0 Å². The van der Waals surface area contributed by atoms with E-state index in [4.69, 9.17) is 16.3 Å². The highest BCUT2D eigenvalue weighted by molar-refractivity contribution is 6.31. The molecule has 78 valence electrons. The van der Waals surface area contributed by atoms with Crippen LogP contribution in [0.5, 0.6) is 0 Å². The van der Waals surface area contributed by atoms with Crippen molar-refractivity contribution in [3.63, 3.8) is 0 Å². The molecule has 1 aliphatic rings. The van der Waals surface area contributed by atoms with Crippen molar-refractivity contribution in [1.82, 2.24) is 0 Å². The molecular formula is C11H8ClFO2. The van der Waals surface area contributed by atoms with Crippen molar-refractivity contribution in [1.29, 1.82) is 0 Å². The summed E-state index contributed by atoms with van der Waals surface area (Å²) in [6, 6.07) is 6.72. The molecule has 15 heavy (non-hydrogen) atoms. The minimum absolute atomic E-state index is 0.0138. The third-order valence-electron chi connectivity index (χ3n) is 2.31. The number of hydrogen-bond donors (Lipinski definition) is 0. The average molecular weight is 227 g/mol. The molecule has 1 aliphatic heterocycles. The summed E-state index contributed by atoms with van der Waals surface area (Å²) in [7, 11) is 0. The molecule has 1 heterocycles. The minimum atomic E-state index is -0.980. The highest BCUT2D eigenvalue weighted by atomic mass is 35.5. The monoisotopic (exact) mass is 226 g/mol. The van der Waals surface area contributed by atoms with Crippen LogP contribution in [0, 0.1) is 0 Å². The highest BCUT2D eigenvalue weighted by Crippen LogP contribution is 2.38. The number of carbonyl (C=O) groups excluding carboxylic acids is 1. The van der Waals surface area contributed by atoms with Gasteiger partial charge in [-0.05, 0) is 13.0 Å². The molecule has 0 bridgehead atoms. The van der Waals surface area contributed by atoms with E-state index in [0.717, 1.165) is 0 Å². The standard InChI is InChI=1S/C11H8ClFO2/c1-6-9(13)10(15-11(6)14)7-4-2-3-5-8(7)12/h2-5,10H,1H3. The summed E-state index contributed by atoms with van der Waals surface area (Å²) >= 11 is 5.88. The summed E-state index contributed by atoms with van der Waals surface area (Å²) in [5.74, 6) is -1.19. The number of esters is 1. The topological polar surface area (TPSA) is 26.3 Å². The Kier molecular flexibility index (Phi) is 2.49. The Bertz CT molecular complexity index is 454. The second kappa shape index (κ2) is 3.66. The Morgan fingerprint density at radius 3 is 2.60 bits per heavy atom. The highest BCUT2D eigenvalue weighted by Gasteiger charge is 2.34. The molecule has 1 unspecified atom stereocenters. The van der Waals surface area contributed by atoms with Crippen LogP contribution >= 0.6 is 11.6 Å². The fourth-order valence-corrected chi connectivity index (χ4v) is 1.66. The molecule has 0 saturated heterocycles. The molecule has 0 aromatic heterocycles. The van der Waals surface area contributed by atoms with Gasteiger partial charge in [0, 0.05) is 10.6 Å². The first-order valence-electron chi connectivity index (χ1n) is 4.43. The van der Waals surface area contributed by atoms with Gasteiger partial charge >= 0.3 is 5.97 Å². The van der Waals surface area contributed by atoms with Gasteiger partial charge in [0.1, 0.15) is 0 Å². The van der Waals surface area contributed by atoms with Crippen molar-refractivity contribution in [3.05, 3.63) is 46.3 Å². The lowest BCUT2D eigenvalue weighted by Crippen LogP contribution is -2.02. The molecule has 0 amide bonds. The SMILES string of the molecule is CC1=C(F)C(c2ccccc2Cl)OC1=O. The second-order valence-electron chi connectivity index (χ2n) is 3.28. The maximum Gasteiger partial charge on any atom is 0.337 e. The smallest absolute Gasteiger partial charge is 0.337 e. The van der Waals surface area contributed by atoms with Gasteiger partial charge < -0.3 is 4.74 Å². The van der Waals surface area contributed by atoms with Gasteiger partial charge in [0.25, 0.3) is 0 Å². The van der Waals surface area contributed by atoms with Crippen LogP contribution in [0.25, 0.3) is 0 Å². The first-order valence-corrected chi connectivity index (χ1v) is 4.80. The van der Waals surface area contributed by atoms with Crippen molar-refractivity contribution in [3.8, 4) is 0 Å². The normalized spacial score (nSPS) is 20.7. The van der Waals surface area contributed by atoms with Crippen LogP contribution in [-0.4, -0.2) is 5.97 Å². The molecule has 1 aromatic carbocycles. The first-order chi connectivity index (χ1) is 7.11. The van der Waals surface area contributed by atoms with Gasteiger partial charge in [-0.1, -0.05) is 29.8 Å². The molecule has 4 heteroatoms. The molecule has 2 nitrogen and oxygen atoms in total. The number of rotatable bonds is 1. The number of cyclic esters (lactones) is 1. The van der Waals surface area contributed by atoms with Crippen LogP contribution in [0.1, 0.15) is 18.6 Å². The van der Waals surface area contributed by atoms with E-state index in [-0.39, 0.29) is 5.57 Å². The molecular weight excluding hydrogens is 219 g/mol. The lowest BCUT2D eigenvalue weighted by molar-refractivity contribution is -0.140. The quantitative estimate of drug-likeness (QED) is 0.688. The fraction of sp³-hybridized carbons (Fsp3) is 0.182. The van der Waals surface area contributed by atoms with Gasteiger partial charge in [-0.25, -0.2) is 9.18 Å². The van der Waals surface area contributed by atoms with E-state index in [1.165, 1.54) is 6.92 Å². The Balaban J connectivity index is 2.44. The summed E-state index contributed by atoms with van der Waals surface area (Å²) in [5, 5.41) is 0.389. The van der Waals surface area contributed by atoms with Gasteiger partial charge in [-0.15, -0.1) is 0 Å². The van der Waals surface area contributed by atoms with Gasteiger partial charge in [0.15, 0.2) is 11.9 Å². The van der Waals surface area contributed by atoms with E-state index in [9.17, 15) is 9.18 Å². The van der Waals surface area contributed by atoms with Crippen LogP contribution in [0.15, 0.2) is 35.7 Å². The van der Waals surface area contributed by atoms with E-state index in [0.29, 0.717) is 10.6 Å². The molecule has 1 atom stereocenters. The van der Waals surface area contributed by atoms with Gasteiger partial charge in [-0.3, -0.25) is 0 Å². The van der Waals surface area contributed by atoms with E-state index in [1.807, 2.05) is 0 Å². The summed E-state index contributed by atoms with van der Waals surface area (Å²) in [5.41, 5.74) is 0.488.